The first-order valence-corrected chi connectivity index (χ1v) is 9.44. The number of nitrogens with zero attached hydrogens (tertiary/aromatic N) is 2. The number of carbonyl (C=O) groups is 1. The van der Waals surface area contributed by atoms with Gasteiger partial charge in [0.1, 0.15) is 6.61 Å². The molecule has 0 saturated carbocycles. The number of carbonyl (C=O) groups excluding carboxylic acids is 1. The normalized spacial score (nSPS) is 20.9. The Morgan fingerprint density at radius 1 is 1.25 bits per heavy atom. The first kappa shape index (κ1) is 18.3. The van der Waals surface area contributed by atoms with Gasteiger partial charge in [-0.2, -0.15) is 5.26 Å². The molecule has 2 aromatic rings. The molecule has 1 amide bonds. The third kappa shape index (κ3) is 3.64. The van der Waals surface area contributed by atoms with Gasteiger partial charge >= 0.3 is 6.09 Å². The van der Waals surface area contributed by atoms with E-state index in [4.69, 9.17) is 14.7 Å². The van der Waals surface area contributed by atoms with Crippen molar-refractivity contribution in [3.63, 3.8) is 0 Å². The molecule has 2 heterocycles. The first-order chi connectivity index (χ1) is 13.7. The monoisotopic (exact) mass is 374 g/mol. The molecule has 2 bridgehead atoms. The van der Waals surface area contributed by atoms with Gasteiger partial charge in [-0.1, -0.05) is 48.5 Å². The predicted molar refractivity (Wildman–Crippen MR) is 105 cm³/mol. The smallest absolute Gasteiger partial charge is 0.411 e. The van der Waals surface area contributed by atoms with Crippen molar-refractivity contribution in [1.82, 2.24) is 4.90 Å². The number of nitriles is 1. The van der Waals surface area contributed by atoms with Crippen LogP contribution < -0.4 is 0 Å². The SMILES string of the molecule is Cc1cc(C2=CC3COCC(C2)N3C(=O)OCc2ccccc2)ccc1C#N. The zero-order valence-corrected chi connectivity index (χ0v) is 15.8. The summed E-state index contributed by atoms with van der Waals surface area (Å²) in [5.41, 5.74) is 4.92. The van der Waals surface area contributed by atoms with Gasteiger partial charge in [0.2, 0.25) is 0 Å². The van der Waals surface area contributed by atoms with Crippen LogP contribution in [0.1, 0.15) is 28.7 Å². The Hall–Kier alpha value is -3.10. The third-order valence-electron chi connectivity index (χ3n) is 5.33. The molecule has 142 valence electrons. The molecule has 0 N–H and O–H groups in total. The summed E-state index contributed by atoms with van der Waals surface area (Å²) < 4.78 is 11.2. The summed E-state index contributed by atoms with van der Waals surface area (Å²) in [6.45, 7) is 3.18. The van der Waals surface area contributed by atoms with Crippen LogP contribution in [0.5, 0.6) is 0 Å². The van der Waals surface area contributed by atoms with E-state index in [2.05, 4.69) is 12.1 Å². The lowest BCUT2D eigenvalue weighted by Crippen LogP contribution is -2.56. The molecule has 2 aromatic carbocycles. The van der Waals surface area contributed by atoms with E-state index in [0.29, 0.717) is 25.2 Å². The molecular weight excluding hydrogens is 352 g/mol. The van der Waals surface area contributed by atoms with Crippen molar-refractivity contribution in [1.29, 1.82) is 5.26 Å². The van der Waals surface area contributed by atoms with E-state index >= 15 is 0 Å². The van der Waals surface area contributed by atoms with E-state index in [1.165, 1.54) is 5.57 Å². The highest BCUT2D eigenvalue weighted by atomic mass is 16.6. The van der Waals surface area contributed by atoms with E-state index in [0.717, 1.165) is 16.7 Å². The number of hydrogen-bond donors (Lipinski definition) is 0. The summed E-state index contributed by atoms with van der Waals surface area (Å²) in [6.07, 6.45) is 2.51. The molecule has 0 radical (unpaired) electrons. The van der Waals surface area contributed by atoms with E-state index < -0.39 is 0 Å². The summed E-state index contributed by atoms with van der Waals surface area (Å²) in [6, 6.07) is 17.6. The molecule has 2 aliphatic rings. The van der Waals surface area contributed by atoms with Crippen LogP contribution in [-0.4, -0.2) is 36.3 Å². The fraction of sp³-hybridized carbons (Fsp3) is 0.304. The number of benzene rings is 2. The molecule has 28 heavy (non-hydrogen) atoms. The Morgan fingerprint density at radius 2 is 2.07 bits per heavy atom. The minimum Gasteiger partial charge on any atom is -0.445 e. The van der Waals surface area contributed by atoms with Crippen molar-refractivity contribution < 1.29 is 14.3 Å². The zero-order chi connectivity index (χ0) is 19.5. The maximum Gasteiger partial charge on any atom is 0.411 e. The Balaban J connectivity index is 1.52. The number of rotatable bonds is 3. The Morgan fingerprint density at radius 3 is 2.79 bits per heavy atom. The Labute approximate surface area is 164 Å². The molecular formula is C23H22N2O3. The summed E-state index contributed by atoms with van der Waals surface area (Å²) in [5, 5.41) is 9.14. The molecule has 2 aliphatic heterocycles. The van der Waals surface area contributed by atoms with Gasteiger partial charge in [-0.25, -0.2) is 4.79 Å². The van der Waals surface area contributed by atoms with Gasteiger partial charge in [0, 0.05) is 0 Å². The summed E-state index contributed by atoms with van der Waals surface area (Å²) >= 11 is 0. The lowest BCUT2D eigenvalue weighted by atomic mass is 9.89. The van der Waals surface area contributed by atoms with Crippen molar-refractivity contribution in [3.05, 3.63) is 76.9 Å². The van der Waals surface area contributed by atoms with Crippen molar-refractivity contribution in [2.75, 3.05) is 13.2 Å². The molecule has 0 spiro atoms. The van der Waals surface area contributed by atoms with Gasteiger partial charge in [0.25, 0.3) is 0 Å². The highest BCUT2D eigenvalue weighted by Crippen LogP contribution is 2.33. The van der Waals surface area contributed by atoms with Crippen LogP contribution in [0.15, 0.2) is 54.6 Å². The first-order valence-electron chi connectivity index (χ1n) is 9.44. The molecule has 5 heteroatoms. The van der Waals surface area contributed by atoms with Crippen LogP contribution in [0.25, 0.3) is 5.57 Å². The van der Waals surface area contributed by atoms with Crippen molar-refractivity contribution in [2.24, 2.45) is 0 Å². The number of fused-ring (bicyclic) bond motifs is 2. The predicted octanol–water partition coefficient (Wildman–Crippen LogP) is 4.06. The van der Waals surface area contributed by atoms with Crippen LogP contribution in [0.4, 0.5) is 4.79 Å². The number of hydrogen-bond acceptors (Lipinski definition) is 4. The number of aryl methyl sites for hydroxylation is 1. The number of ether oxygens (including phenoxy) is 2. The topological polar surface area (TPSA) is 62.6 Å². The van der Waals surface area contributed by atoms with E-state index in [-0.39, 0.29) is 24.8 Å². The molecule has 1 fully saturated rings. The van der Waals surface area contributed by atoms with Gasteiger partial charge in [0.05, 0.1) is 36.9 Å². The molecule has 0 aliphatic carbocycles. The van der Waals surface area contributed by atoms with Crippen LogP contribution in [0, 0.1) is 18.3 Å². The maximum absolute atomic E-state index is 12.7. The summed E-state index contributed by atoms with van der Waals surface area (Å²) in [5.74, 6) is 0. The minimum atomic E-state index is -0.298. The van der Waals surface area contributed by atoms with Crippen molar-refractivity contribution in [3.8, 4) is 6.07 Å². The second-order valence-corrected chi connectivity index (χ2v) is 7.24. The Kier molecular flexibility index (Phi) is 5.14. The second kappa shape index (κ2) is 7.87. The van der Waals surface area contributed by atoms with E-state index in [1.807, 2.05) is 60.4 Å². The fourth-order valence-electron chi connectivity index (χ4n) is 3.88. The number of amides is 1. The van der Waals surface area contributed by atoms with Crippen LogP contribution >= 0.6 is 0 Å². The average molecular weight is 374 g/mol. The van der Waals surface area contributed by atoms with Crippen LogP contribution in [-0.2, 0) is 16.1 Å². The highest BCUT2D eigenvalue weighted by molar-refractivity contribution is 5.75. The lowest BCUT2D eigenvalue weighted by molar-refractivity contribution is -0.0342. The molecule has 5 nitrogen and oxygen atoms in total. The summed E-state index contributed by atoms with van der Waals surface area (Å²) in [7, 11) is 0. The lowest BCUT2D eigenvalue weighted by Gasteiger charge is -2.43. The largest absolute Gasteiger partial charge is 0.445 e. The average Bonchev–Trinajstić information content (AvgIpc) is 2.71. The standard InChI is InChI=1S/C23H22N2O3/c1-16-9-18(7-8-19(16)12-24)20-10-21-14-27-15-22(11-20)25(21)23(26)28-13-17-5-3-2-4-6-17/h2-10,21-22H,11,13-15H2,1H3. The highest BCUT2D eigenvalue weighted by Gasteiger charge is 2.39. The fourth-order valence-corrected chi connectivity index (χ4v) is 3.88. The van der Waals surface area contributed by atoms with Crippen LogP contribution in [0.3, 0.4) is 0 Å². The van der Waals surface area contributed by atoms with Gasteiger partial charge in [0.15, 0.2) is 0 Å². The molecule has 1 saturated heterocycles. The molecule has 2 atom stereocenters. The quantitative estimate of drug-likeness (QED) is 0.813. The minimum absolute atomic E-state index is 0.0435. The zero-order valence-electron chi connectivity index (χ0n) is 15.8. The Bertz CT molecular complexity index is 946. The number of morpholine rings is 1. The maximum atomic E-state index is 12.7. The van der Waals surface area contributed by atoms with Gasteiger partial charge < -0.3 is 9.47 Å². The second-order valence-electron chi connectivity index (χ2n) is 7.24. The van der Waals surface area contributed by atoms with Crippen molar-refractivity contribution in [2.45, 2.75) is 32.0 Å². The van der Waals surface area contributed by atoms with Crippen LogP contribution in [0.2, 0.25) is 0 Å². The molecule has 0 aromatic heterocycles. The van der Waals surface area contributed by atoms with Gasteiger partial charge in [-0.15, -0.1) is 0 Å². The third-order valence-corrected chi connectivity index (χ3v) is 5.33. The van der Waals surface area contributed by atoms with Gasteiger partial charge in [-0.05, 0) is 41.7 Å². The van der Waals surface area contributed by atoms with E-state index in [1.54, 1.807) is 0 Å². The van der Waals surface area contributed by atoms with Crippen molar-refractivity contribution >= 4 is 11.7 Å². The summed E-state index contributed by atoms with van der Waals surface area (Å²) in [4.78, 5) is 14.6. The molecule has 2 unspecified atom stereocenters. The van der Waals surface area contributed by atoms with E-state index in [9.17, 15) is 4.79 Å². The molecule has 4 rings (SSSR count). The van der Waals surface area contributed by atoms with Gasteiger partial charge in [-0.3, -0.25) is 4.90 Å².